The first-order chi connectivity index (χ1) is 9.17. The predicted octanol–water partition coefficient (Wildman–Crippen LogP) is 1.89. The van der Waals surface area contributed by atoms with Crippen molar-refractivity contribution in [1.29, 1.82) is 0 Å². The Kier molecular flexibility index (Phi) is 2.70. The molecular formula is C12H12N4O2S. The number of hydrogen-bond acceptors (Lipinski definition) is 5. The SMILES string of the molecule is O=S(=O)(c1ccccc1)C1(c2ccn[nH]2)CCN=N1. The number of benzene rings is 1. The van der Waals surface area contributed by atoms with Crippen molar-refractivity contribution in [3.8, 4) is 0 Å². The van der Waals surface area contributed by atoms with Gasteiger partial charge in [-0.1, -0.05) is 18.2 Å². The fourth-order valence-electron chi connectivity index (χ4n) is 2.21. The summed E-state index contributed by atoms with van der Waals surface area (Å²) in [5.74, 6) is 0. The van der Waals surface area contributed by atoms with E-state index in [0.29, 0.717) is 18.7 Å². The summed E-state index contributed by atoms with van der Waals surface area (Å²) in [6, 6.07) is 9.94. The Morgan fingerprint density at radius 2 is 1.95 bits per heavy atom. The van der Waals surface area contributed by atoms with Crippen molar-refractivity contribution in [3.63, 3.8) is 0 Å². The third-order valence-corrected chi connectivity index (χ3v) is 5.49. The molecule has 1 aromatic carbocycles. The molecule has 1 aliphatic rings. The highest BCUT2D eigenvalue weighted by atomic mass is 32.2. The van der Waals surface area contributed by atoms with Gasteiger partial charge in [-0.3, -0.25) is 5.10 Å². The molecule has 1 atom stereocenters. The van der Waals surface area contributed by atoms with Crippen LogP contribution in [0.15, 0.2) is 57.7 Å². The molecule has 1 aromatic heterocycles. The van der Waals surface area contributed by atoms with Crippen molar-refractivity contribution in [1.82, 2.24) is 10.2 Å². The van der Waals surface area contributed by atoms with Gasteiger partial charge in [0.15, 0.2) is 0 Å². The lowest BCUT2D eigenvalue weighted by atomic mass is 10.1. The van der Waals surface area contributed by atoms with E-state index in [0.717, 1.165) is 0 Å². The fourth-order valence-corrected chi connectivity index (χ4v) is 4.04. The van der Waals surface area contributed by atoms with Gasteiger partial charge in [0.05, 0.1) is 17.1 Å². The Morgan fingerprint density at radius 1 is 1.16 bits per heavy atom. The number of sulfone groups is 1. The Hall–Kier alpha value is -2.02. The normalized spacial score (nSPS) is 22.7. The minimum Gasteiger partial charge on any atom is -0.279 e. The first-order valence-electron chi connectivity index (χ1n) is 5.85. The van der Waals surface area contributed by atoms with Gasteiger partial charge in [0.25, 0.3) is 0 Å². The van der Waals surface area contributed by atoms with Gasteiger partial charge in [-0.25, -0.2) is 8.42 Å². The maximum atomic E-state index is 12.9. The molecule has 19 heavy (non-hydrogen) atoms. The molecule has 2 aromatic rings. The van der Waals surface area contributed by atoms with Gasteiger partial charge in [0.1, 0.15) is 0 Å². The largest absolute Gasteiger partial charge is 0.279 e. The zero-order chi connectivity index (χ0) is 13.3. The first kappa shape index (κ1) is 12.0. The van der Waals surface area contributed by atoms with E-state index in [9.17, 15) is 8.42 Å². The van der Waals surface area contributed by atoms with Crippen LogP contribution in [0.5, 0.6) is 0 Å². The van der Waals surface area contributed by atoms with E-state index < -0.39 is 14.7 Å². The van der Waals surface area contributed by atoms with E-state index in [1.165, 1.54) is 6.20 Å². The second kappa shape index (κ2) is 4.27. The lowest BCUT2D eigenvalue weighted by Crippen LogP contribution is -2.33. The fraction of sp³-hybridized carbons (Fsp3) is 0.250. The van der Waals surface area contributed by atoms with Gasteiger partial charge in [-0.05, 0) is 18.2 Å². The second-order valence-electron chi connectivity index (χ2n) is 4.29. The van der Waals surface area contributed by atoms with Crippen LogP contribution in [0.4, 0.5) is 0 Å². The summed E-state index contributed by atoms with van der Waals surface area (Å²) in [7, 11) is -3.65. The molecule has 0 saturated carbocycles. The van der Waals surface area contributed by atoms with Crippen molar-refractivity contribution >= 4 is 9.84 Å². The van der Waals surface area contributed by atoms with Crippen LogP contribution in [0.2, 0.25) is 0 Å². The van der Waals surface area contributed by atoms with Gasteiger partial charge in [0.2, 0.25) is 14.7 Å². The maximum Gasteiger partial charge on any atom is 0.229 e. The number of H-pyrrole nitrogens is 1. The quantitative estimate of drug-likeness (QED) is 0.928. The summed E-state index contributed by atoms with van der Waals surface area (Å²) in [4.78, 5) is -1.13. The average molecular weight is 276 g/mol. The van der Waals surface area contributed by atoms with Crippen LogP contribution in [0.1, 0.15) is 12.1 Å². The molecule has 3 rings (SSSR count). The van der Waals surface area contributed by atoms with Gasteiger partial charge < -0.3 is 0 Å². The van der Waals surface area contributed by atoms with E-state index in [2.05, 4.69) is 20.4 Å². The number of aromatic nitrogens is 2. The molecule has 0 amide bonds. The van der Waals surface area contributed by atoms with Crippen LogP contribution in [0, 0.1) is 0 Å². The van der Waals surface area contributed by atoms with Gasteiger partial charge in [-0.15, -0.1) is 0 Å². The van der Waals surface area contributed by atoms with E-state index in [4.69, 9.17) is 0 Å². The highest BCUT2D eigenvalue weighted by Crippen LogP contribution is 2.42. The van der Waals surface area contributed by atoms with Gasteiger partial charge in [0, 0.05) is 12.6 Å². The average Bonchev–Trinajstić information content (AvgIpc) is 3.11. The summed E-state index contributed by atoms with van der Waals surface area (Å²) in [6.45, 7) is 0.394. The number of rotatable bonds is 3. The Bertz CT molecular complexity index is 695. The molecule has 0 radical (unpaired) electrons. The van der Waals surface area contributed by atoms with Crippen LogP contribution >= 0.6 is 0 Å². The molecule has 2 heterocycles. The molecule has 0 fully saturated rings. The van der Waals surface area contributed by atoms with Gasteiger partial charge in [-0.2, -0.15) is 15.3 Å². The summed E-state index contributed by atoms with van der Waals surface area (Å²) in [6.07, 6.45) is 1.85. The van der Waals surface area contributed by atoms with Crippen molar-refractivity contribution in [2.45, 2.75) is 16.2 Å². The number of azo groups is 1. The summed E-state index contributed by atoms with van der Waals surface area (Å²) in [5.41, 5.74) is 0.456. The summed E-state index contributed by atoms with van der Waals surface area (Å²) < 4.78 is 25.7. The third kappa shape index (κ3) is 1.69. The molecule has 6 nitrogen and oxygen atoms in total. The van der Waals surface area contributed by atoms with Crippen LogP contribution in [-0.4, -0.2) is 25.2 Å². The topological polar surface area (TPSA) is 87.5 Å². The van der Waals surface area contributed by atoms with Crippen LogP contribution < -0.4 is 0 Å². The standard InChI is InChI=1S/C12H12N4O2S/c17-19(18,10-4-2-1-3-5-10)12(7-9-14-16-12)11-6-8-13-15-11/h1-6,8H,7,9H2,(H,13,15). The molecule has 1 N–H and O–H groups in total. The number of aromatic amines is 1. The predicted molar refractivity (Wildman–Crippen MR) is 68.2 cm³/mol. The van der Waals surface area contributed by atoms with Crippen LogP contribution in [-0.2, 0) is 14.7 Å². The van der Waals surface area contributed by atoms with E-state index in [-0.39, 0.29) is 4.90 Å². The number of nitrogens with one attached hydrogen (secondary N) is 1. The van der Waals surface area contributed by atoms with Crippen molar-refractivity contribution in [2.75, 3.05) is 6.54 Å². The zero-order valence-electron chi connectivity index (χ0n) is 10.0. The number of nitrogens with zero attached hydrogens (tertiary/aromatic N) is 3. The molecule has 0 aliphatic carbocycles. The molecule has 0 saturated heterocycles. The third-order valence-electron chi connectivity index (χ3n) is 3.20. The highest BCUT2D eigenvalue weighted by Gasteiger charge is 2.50. The van der Waals surface area contributed by atoms with E-state index in [1.807, 2.05) is 0 Å². The minimum absolute atomic E-state index is 0.241. The summed E-state index contributed by atoms with van der Waals surface area (Å²) in [5, 5.41) is 14.4. The molecule has 98 valence electrons. The monoisotopic (exact) mass is 276 g/mol. The van der Waals surface area contributed by atoms with Crippen molar-refractivity contribution < 1.29 is 8.42 Å². The lowest BCUT2D eigenvalue weighted by molar-refractivity contribution is 0.521. The number of hydrogen-bond donors (Lipinski definition) is 1. The van der Waals surface area contributed by atoms with Crippen LogP contribution in [0.3, 0.4) is 0 Å². The Morgan fingerprint density at radius 3 is 2.53 bits per heavy atom. The van der Waals surface area contributed by atoms with Crippen molar-refractivity contribution in [2.24, 2.45) is 10.2 Å². The van der Waals surface area contributed by atoms with Crippen molar-refractivity contribution in [3.05, 3.63) is 48.3 Å². The van der Waals surface area contributed by atoms with Crippen LogP contribution in [0.25, 0.3) is 0 Å². The van der Waals surface area contributed by atoms with Gasteiger partial charge >= 0.3 is 0 Å². The molecule has 0 spiro atoms. The second-order valence-corrected chi connectivity index (χ2v) is 6.44. The van der Waals surface area contributed by atoms with E-state index >= 15 is 0 Å². The van der Waals surface area contributed by atoms with E-state index in [1.54, 1.807) is 36.4 Å². The highest BCUT2D eigenvalue weighted by molar-refractivity contribution is 7.92. The Labute approximate surface area is 110 Å². The summed E-state index contributed by atoms with van der Waals surface area (Å²) >= 11 is 0. The Balaban J connectivity index is 2.20. The zero-order valence-corrected chi connectivity index (χ0v) is 10.8. The molecular weight excluding hydrogens is 264 g/mol. The molecule has 7 heteroatoms. The lowest BCUT2D eigenvalue weighted by Gasteiger charge is -2.22. The molecule has 1 aliphatic heterocycles. The molecule has 0 bridgehead atoms. The first-order valence-corrected chi connectivity index (χ1v) is 7.33. The maximum absolute atomic E-state index is 12.9. The smallest absolute Gasteiger partial charge is 0.229 e. The molecule has 1 unspecified atom stereocenters. The minimum atomic E-state index is -3.65.